The molecule has 0 radical (unpaired) electrons. The van der Waals surface area contributed by atoms with Crippen molar-refractivity contribution in [3.63, 3.8) is 0 Å². The Morgan fingerprint density at radius 3 is 2.59 bits per heavy atom. The predicted molar refractivity (Wildman–Crippen MR) is 74.2 cm³/mol. The molecule has 1 N–H and O–H groups in total. The molecule has 1 aromatic rings. The summed E-state index contributed by atoms with van der Waals surface area (Å²) in [6.45, 7) is 6.85. The first-order valence-electron chi connectivity index (χ1n) is 6.87. The van der Waals surface area contributed by atoms with Crippen LogP contribution >= 0.6 is 0 Å². The van der Waals surface area contributed by atoms with E-state index in [1.165, 1.54) is 36.0 Å². The van der Waals surface area contributed by atoms with E-state index in [4.69, 9.17) is 0 Å². The maximum absolute atomic E-state index is 3.55. The van der Waals surface area contributed by atoms with E-state index in [1.807, 2.05) is 0 Å². The van der Waals surface area contributed by atoms with Crippen LogP contribution in [0.1, 0.15) is 48.9 Å². The standard InChI is InChI=1S/C16H25N/c1-11-8-9-14(10-11)16(17-4)15-7-5-6-12(2)13(15)3/h5-7,11,14,16-17H,8-10H2,1-4H3. The zero-order valence-corrected chi connectivity index (χ0v) is 11.6. The Morgan fingerprint density at radius 2 is 2.00 bits per heavy atom. The molecule has 1 aromatic carbocycles. The largest absolute Gasteiger partial charge is 0.313 e. The Bertz CT molecular complexity index is 383. The van der Waals surface area contributed by atoms with Gasteiger partial charge in [-0.05, 0) is 62.3 Å². The first-order valence-corrected chi connectivity index (χ1v) is 6.87. The maximum atomic E-state index is 3.55. The number of aryl methyl sites for hydroxylation is 1. The smallest absolute Gasteiger partial charge is 0.0348 e. The molecule has 1 aliphatic rings. The number of hydrogen-bond acceptors (Lipinski definition) is 1. The summed E-state index contributed by atoms with van der Waals surface area (Å²) in [5, 5.41) is 3.55. The van der Waals surface area contributed by atoms with Gasteiger partial charge in [-0.2, -0.15) is 0 Å². The molecule has 1 fully saturated rings. The molecule has 0 amide bonds. The molecule has 0 aliphatic heterocycles. The Morgan fingerprint density at radius 1 is 1.24 bits per heavy atom. The lowest BCUT2D eigenvalue weighted by Crippen LogP contribution is -2.24. The van der Waals surface area contributed by atoms with E-state index in [0.29, 0.717) is 6.04 Å². The van der Waals surface area contributed by atoms with Gasteiger partial charge in [0, 0.05) is 6.04 Å². The third kappa shape index (κ3) is 2.55. The van der Waals surface area contributed by atoms with Gasteiger partial charge in [0.05, 0.1) is 0 Å². The highest BCUT2D eigenvalue weighted by molar-refractivity contribution is 5.35. The molecule has 0 heterocycles. The second-order valence-corrected chi connectivity index (χ2v) is 5.73. The lowest BCUT2D eigenvalue weighted by molar-refractivity contribution is 0.378. The van der Waals surface area contributed by atoms with Gasteiger partial charge in [0.2, 0.25) is 0 Å². The molecule has 94 valence electrons. The van der Waals surface area contributed by atoms with E-state index < -0.39 is 0 Å². The molecule has 0 spiro atoms. The second kappa shape index (κ2) is 5.22. The van der Waals surface area contributed by atoms with Crippen LogP contribution in [-0.2, 0) is 0 Å². The van der Waals surface area contributed by atoms with Gasteiger partial charge in [0.15, 0.2) is 0 Å². The van der Waals surface area contributed by atoms with E-state index in [1.54, 1.807) is 0 Å². The van der Waals surface area contributed by atoms with Crippen LogP contribution in [0.2, 0.25) is 0 Å². The Labute approximate surface area is 106 Å². The Hall–Kier alpha value is -0.820. The first-order chi connectivity index (χ1) is 8.13. The van der Waals surface area contributed by atoms with Crippen molar-refractivity contribution in [1.29, 1.82) is 0 Å². The predicted octanol–water partition coefficient (Wildman–Crippen LogP) is 4.00. The van der Waals surface area contributed by atoms with Crippen LogP contribution in [0.3, 0.4) is 0 Å². The summed E-state index contributed by atoms with van der Waals surface area (Å²) in [5.74, 6) is 1.72. The summed E-state index contributed by atoms with van der Waals surface area (Å²) in [7, 11) is 2.11. The van der Waals surface area contributed by atoms with Crippen molar-refractivity contribution in [2.24, 2.45) is 11.8 Å². The molecule has 1 aliphatic carbocycles. The summed E-state index contributed by atoms with van der Waals surface area (Å²) in [4.78, 5) is 0. The molecule has 17 heavy (non-hydrogen) atoms. The van der Waals surface area contributed by atoms with E-state index in [-0.39, 0.29) is 0 Å². The SMILES string of the molecule is CNC(c1cccc(C)c1C)C1CCC(C)C1. The van der Waals surface area contributed by atoms with Gasteiger partial charge in [0.25, 0.3) is 0 Å². The molecule has 0 saturated heterocycles. The van der Waals surface area contributed by atoms with Gasteiger partial charge < -0.3 is 5.32 Å². The van der Waals surface area contributed by atoms with Crippen molar-refractivity contribution in [3.8, 4) is 0 Å². The molecule has 1 saturated carbocycles. The highest BCUT2D eigenvalue weighted by atomic mass is 14.9. The van der Waals surface area contributed by atoms with Crippen LogP contribution in [-0.4, -0.2) is 7.05 Å². The highest BCUT2D eigenvalue weighted by Crippen LogP contribution is 2.39. The van der Waals surface area contributed by atoms with Crippen molar-refractivity contribution in [1.82, 2.24) is 5.32 Å². The van der Waals surface area contributed by atoms with Gasteiger partial charge in [-0.25, -0.2) is 0 Å². The van der Waals surface area contributed by atoms with E-state index in [2.05, 4.69) is 51.3 Å². The summed E-state index contributed by atoms with van der Waals surface area (Å²) in [6, 6.07) is 7.25. The molecule has 1 heteroatoms. The van der Waals surface area contributed by atoms with Crippen molar-refractivity contribution < 1.29 is 0 Å². The monoisotopic (exact) mass is 231 g/mol. The first kappa shape index (κ1) is 12.6. The van der Waals surface area contributed by atoms with Crippen LogP contribution in [0.5, 0.6) is 0 Å². The minimum atomic E-state index is 0.542. The third-order valence-corrected chi connectivity index (χ3v) is 4.50. The molecule has 0 bridgehead atoms. The van der Waals surface area contributed by atoms with Gasteiger partial charge >= 0.3 is 0 Å². The summed E-state index contributed by atoms with van der Waals surface area (Å²) in [6.07, 6.45) is 4.15. The lowest BCUT2D eigenvalue weighted by Gasteiger charge is -2.26. The number of benzene rings is 1. The molecule has 3 atom stereocenters. The minimum Gasteiger partial charge on any atom is -0.313 e. The molecule has 0 aromatic heterocycles. The topological polar surface area (TPSA) is 12.0 Å². The third-order valence-electron chi connectivity index (χ3n) is 4.50. The Kier molecular flexibility index (Phi) is 3.88. The summed E-state index contributed by atoms with van der Waals surface area (Å²) < 4.78 is 0. The van der Waals surface area contributed by atoms with Crippen LogP contribution < -0.4 is 5.32 Å². The molecule has 1 nitrogen and oxygen atoms in total. The van der Waals surface area contributed by atoms with Crippen LogP contribution in [0.15, 0.2) is 18.2 Å². The number of rotatable bonds is 3. The van der Waals surface area contributed by atoms with E-state index >= 15 is 0 Å². The zero-order valence-electron chi connectivity index (χ0n) is 11.6. The van der Waals surface area contributed by atoms with Gasteiger partial charge in [-0.1, -0.05) is 31.5 Å². The van der Waals surface area contributed by atoms with E-state index in [0.717, 1.165) is 11.8 Å². The van der Waals surface area contributed by atoms with Gasteiger partial charge in [-0.15, -0.1) is 0 Å². The zero-order chi connectivity index (χ0) is 12.4. The average molecular weight is 231 g/mol. The van der Waals surface area contributed by atoms with Crippen molar-refractivity contribution >= 4 is 0 Å². The fraction of sp³-hybridized carbons (Fsp3) is 0.625. The van der Waals surface area contributed by atoms with Crippen LogP contribution in [0.25, 0.3) is 0 Å². The summed E-state index contributed by atoms with van der Waals surface area (Å²) >= 11 is 0. The summed E-state index contributed by atoms with van der Waals surface area (Å²) in [5.41, 5.74) is 4.38. The van der Waals surface area contributed by atoms with Crippen LogP contribution in [0, 0.1) is 25.7 Å². The normalized spacial score (nSPS) is 26.1. The quantitative estimate of drug-likeness (QED) is 0.829. The number of hydrogen-bond donors (Lipinski definition) is 1. The lowest BCUT2D eigenvalue weighted by atomic mass is 9.87. The molecular weight excluding hydrogens is 206 g/mol. The number of nitrogens with one attached hydrogen (secondary N) is 1. The Balaban J connectivity index is 2.26. The molecule has 2 rings (SSSR count). The van der Waals surface area contributed by atoms with Crippen LogP contribution in [0.4, 0.5) is 0 Å². The van der Waals surface area contributed by atoms with Gasteiger partial charge in [-0.3, -0.25) is 0 Å². The molecular formula is C16H25N. The van der Waals surface area contributed by atoms with Crippen molar-refractivity contribution in [3.05, 3.63) is 34.9 Å². The fourth-order valence-corrected chi connectivity index (χ4v) is 3.31. The minimum absolute atomic E-state index is 0.542. The average Bonchev–Trinajstić information content (AvgIpc) is 2.72. The maximum Gasteiger partial charge on any atom is 0.0348 e. The molecule has 3 unspecified atom stereocenters. The fourth-order valence-electron chi connectivity index (χ4n) is 3.31. The van der Waals surface area contributed by atoms with Crippen molar-refractivity contribution in [2.75, 3.05) is 7.05 Å². The van der Waals surface area contributed by atoms with E-state index in [9.17, 15) is 0 Å². The van der Waals surface area contributed by atoms with Gasteiger partial charge in [0.1, 0.15) is 0 Å². The second-order valence-electron chi connectivity index (χ2n) is 5.73. The highest BCUT2D eigenvalue weighted by Gasteiger charge is 2.29. The van der Waals surface area contributed by atoms with Crippen molar-refractivity contribution in [2.45, 2.75) is 46.1 Å².